The van der Waals surface area contributed by atoms with Crippen molar-refractivity contribution in [3.63, 3.8) is 0 Å². The number of fused-ring (bicyclic) bond motifs is 1. The maximum atomic E-state index is 12.2. The van der Waals surface area contributed by atoms with Crippen LogP contribution in [0.25, 0.3) is 11.1 Å². The van der Waals surface area contributed by atoms with E-state index in [0.717, 1.165) is 17.0 Å². The van der Waals surface area contributed by atoms with Crippen molar-refractivity contribution in [2.75, 3.05) is 42.2 Å². The third-order valence-electron chi connectivity index (χ3n) is 3.29. The molecule has 1 aliphatic rings. The van der Waals surface area contributed by atoms with E-state index in [1.807, 2.05) is 24.3 Å². The Morgan fingerprint density at radius 1 is 1.29 bits per heavy atom. The maximum absolute atomic E-state index is 12.2. The number of nitrogens with zero attached hydrogens (tertiary/aromatic N) is 2. The second-order valence-corrected chi connectivity index (χ2v) is 8.05. The summed E-state index contributed by atoms with van der Waals surface area (Å²) >= 11 is 1.79. The number of thioether (sulfide) groups is 1. The molecule has 0 spiro atoms. The molecule has 3 rings (SSSR count). The third kappa shape index (κ3) is 3.50. The van der Waals surface area contributed by atoms with Crippen LogP contribution < -0.4 is 5.32 Å². The quantitative estimate of drug-likeness (QED) is 0.899. The van der Waals surface area contributed by atoms with Gasteiger partial charge in [0.2, 0.25) is 10.0 Å². The average molecular weight is 327 g/mol. The number of aromatic nitrogens is 1. The summed E-state index contributed by atoms with van der Waals surface area (Å²) < 4.78 is 31.4. The molecule has 0 bridgehead atoms. The average Bonchev–Trinajstić information content (AvgIpc) is 2.90. The minimum absolute atomic E-state index is 0.0520. The Bertz CT molecular complexity index is 675. The zero-order valence-electron chi connectivity index (χ0n) is 11.5. The Balaban J connectivity index is 1.57. The molecule has 21 heavy (non-hydrogen) atoms. The van der Waals surface area contributed by atoms with Crippen LogP contribution in [0.4, 0.5) is 6.01 Å². The lowest BCUT2D eigenvalue weighted by Gasteiger charge is -2.25. The summed E-state index contributed by atoms with van der Waals surface area (Å²) in [5, 5.41) is 2.94. The van der Waals surface area contributed by atoms with E-state index in [1.54, 1.807) is 16.1 Å². The van der Waals surface area contributed by atoms with Crippen LogP contribution in [0, 0.1) is 0 Å². The molecule has 1 aliphatic heterocycles. The van der Waals surface area contributed by atoms with Crippen LogP contribution in [0.2, 0.25) is 0 Å². The zero-order valence-corrected chi connectivity index (χ0v) is 13.1. The molecule has 1 fully saturated rings. The molecule has 0 aliphatic carbocycles. The molecule has 0 atom stereocenters. The lowest BCUT2D eigenvalue weighted by atomic mass is 10.3. The van der Waals surface area contributed by atoms with Crippen molar-refractivity contribution in [1.29, 1.82) is 0 Å². The predicted octanol–water partition coefficient (Wildman–Crippen LogP) is 1.62. The van der Waals surface area contributed by atoms with Gasteiger partial charge in [-0.15, -0.1) is 0 Å². The molecule has 0 saturated carbocycles. The summed E-state index contributed by atoms with van der Waals surface area (Å²) in [4.78, 5) is 4.26. The van der Waals surface area contributed by atoms with E-state index in [1.165, 1.54) is 0 Å². The van der Waals surface area contributed by atoms with Gasteiger partial charge in [0.1, 0.15) is 5.52 Å². The molecule has 1 saturated heterocycles. The maximum Gasteiger partial charge on any atom is 0.295 e. The fourth-order valence-electron chi connectivity index (χ4n) is 2.19. The summed E-state index contributed by atoms with van der Waals surface area (Å²) in [6.45, 7) is 1.50. The van der Waals surface area contributed by atoms with E-state index in [4.69, 9.17) is 4.42 Å². The number of oxazole rings is 1. The number of anilines is 1. The highest BCUT2D eigenvalue weighted by molar-refractivity contribution is 7.99. The first kappa shape index (κ1) is 14.7. The Morgan fingerprint density at radius 3 is 2.81 bits per heavy atom. The van der Waals surface area contributed by atoms with Crippen molar-refractivity contribution in [3.05, 3.63) is 24.3 Å². The van der Waals surface area contributed by atoms with Gasteiger partial charge in [0.25, 0.3) is 6.01 Å². The minimum Gasteiger partial charge on any atom is -0.424 e. The van der Waals surface area contributed by atoms with Gasteiger partial charge >= 0.3 is 0 Å². The van der Waals surface area contributed by atoms with Gasteiger partial charge in [-0.2, -0.15) is 16.7 Å². The van der Waals surface area contributed by atoms with Crippen molar-refractivity contribution in [2.45, 2.75) is 0 Å². The standard InChI is InChI=1S/C13H17N3O3S2/c17-21(18,16-6-8-20-9-7-16)10-5-14-13-15-11-3-1-2-4-12(11)19-13/h1-4H,5-10H2,(H,14,15). The van der Waals surface area contributed by atoms with Crippen LogP contribution in [-0.4, -0.2) is 54.6 Å². The van der Waals surface area contributed by atoms with Gasteiger partial charge < -0.3 is 9.73 Å². The number of benzene rings is 1. The molecule has 2 heterocycles. The van der Waals surface area contributed by atoms with Gasteiger partial charge in [0.15, 0.2) is 5.58 Å². The van der Waals surface area contributed by atoms with Gasteiger partial charge in [-0.25, -0.2) is 12.7 Å². The first-order valence-corrected chi connectivity index (χ1v) is 9.56. The van der Waals surface area contributed by atoms with Gasteiger partial charge in [0.05, 0.1) is 5.75 Å². The minimum atomic E-state index is -3.20. The number of hydrogen-bond donors (Lipinski definition) is 1. The van der Waals surface area contributed by atoms with E-state index in [-0.39, 0.29) is 5.75 Å². The molecule has 2 aromatic rings. The van der Waals surface area contributed by atoms with Crippen molar-refractivity contribution < 1.29 is 12.8 Å². The molecule has 1 aromatic heterocycles. The van der Waals surface area contributed by atoms with Gasteiger partial charge in [-0.3, -0.25) is 0 Å². The fourth-order valence-corrected chi connectivity index (χ4v) is 4.68. The SMILES string of the molecule is O=S(=O)(CCNc1nc2ccccc2o1)N1CCSCC1. The van der Waals surface area contributed by atoms with Gasteiger partial charge in [-0.1, -0.05) is 12.1 Å². The summed E-state index contributed by atoms with van der Waals surface area (Å²) in [6, 6.07) is 7.80. The number of sulfonamides is 1. The second kappa shape index (κ2) is 6.25. The number of hydrogen-bond acceptors (Lipinski definition) is 6. The number of para-hydroxylation sites is 2. The monoisotopic (exact) mass is 327 g/mol. The van der Waals surface area contributed by atoms with E-state index in [9.17, 15) is 8.42 Å². The molecule has 114 valence electrons. The molecule has 8 heteroatoms. The first-order chi connectivity index (χ1) is 10.1. The molecular formula is C13H17N3O3S2. The highest BCUT2D eigenvalue weighted by Crippen LogP contribution is 2.18. The van der Waals surface area contributed by atoms with E-state index < -0.39 is 10.0 Å². The Labute approximate surface area is 128 Å². The summed E-state index contributed by atoms with van der Waals surface area (Å²) in [5.41, 5.74) is 1.45. The summed E-state index contributed by atoms with van der Waals surface area (Å²) in [6.07, 6.45) is 0. The van der Waals surface area contributed by atoms with Gasteiger partial charge in [-0.05, 0) is 12.1 Å². The van der Waals surface area contributed by atoms with Crippen molar-refractivity contribution in [2.24, 2.45) is 0 Å². The predicted molar refractivity (Wildman–Crippen MR) is 85.2 cm³/mol. The highest BCUT2D eigenvalue weighted by atomic mass is 32.2. The van der Waals surface area contributed by atoms with Crippen LogP contribution in [0.1, 0.15) is 0 Å². The molecule has 1 aromatic carbocycles. The normalized spacial score (nSPS) is 17.1. The van der Waals surface area contributed by atoms with Crippen molar-refractivity contribution in [1.82, 2.24) is 9.29 Å². The molecular weight excluding hydrogens is 310 g/mol. The van der Waals surface area contributed by atoms with Crippen LogP contribution >= 0.6 is 11.8 Å². The van der Waals surface area contributed by atoms with Crippen molar-refractivity contribution in [3.8, 4) is 0 Å². The fraction of sp³-hybridized carbons (Fsp3) is 0.462. The zero-order chi connectivity index (χ0) is 14.7. The lowest BCUT2D eigenvalue weighted by Crippen LogP contribution is -2.40. The largest absolute Gasteiger partial charge is 0.424 e. The van der Waals surface area contributed by atoms with Crippen LogP contribution in [-0.2, 0) is 10.0 Å². The molecule has 1 N–H and O–H groups in total. The molecule has 0 unspecified atom stereocenters. The summed E-state index contributed by atoms with van der Waals surface area (Å²) in [7, 11) is -3.20. The van der Waals surface area contributed by atoms with Crippen molar-refractivity contribution >= 4 is 38.9 Å². The molecule has 0 amide bonds. The Kier molecular flexibility index (Phi) is 4.37. The molecule has 0 radical (unpaired) electrons. The van der Waals surface area contributed by atoms with E-state index in [2.05, 4.69) is 10.3 Å². The van der Waals surface area contributed by atoms with Gasteiger partial charge in [0, 0.05) is 31.1 Å². The summed E-state index contributed by atoms with van der Waals surface area (Å²) in [5.74, 6) is 1.80. The number of rotatable bonds is 5. The first-order valence-electron chi connectivity index (χ1n) is 6.80. The lowest BCUT2D eigenvalue weighted by molar-refractivity contribution is 0.444. The van der Waals surface area contributed by atoms with Crippen LogP contribution in [0.15, 0.2) is 28.7 Å². The second-order valence-electron chi connectivity index (χ2n) is 4.74. The van der Waals surface area contributed by atoms with E-state index in [0.29, 0.717) is 31.2 Å². The Hall–Kier alpha value is -1.25. The van der Waals surface area contributed by atoms with Crippen LogP contribution in [0.5, 0.6) is 0 Å². The molecule has 6 nitrogen and oxygen atoms in total. The highest BCUT2D eigenvalue weighted by Gasteiger charge is 2.23. The van der Waals surface area contributed by atoms with E-state index >= 15 is 0 Å². The third-order valence-corrected chi connectivity index (χ3v) is 6.11. The van der Waals surface area contributed by atoms with Crippen LogP contribution in [0.3, 0.4) is 0 Å². The topological polar surface area (TPSA) is 75.4 Å². The number of nitrogens with one attached hydrogen (secondary N) is 1. The Morgan fingerprint density at radius 2 is 2.05 bits per heavy atom. The smallest absolute Gasteiger partial charge is 0.295 e.